The van der Waals surface area contributed by atoms with Gasteiger partial charge in [-0.25, -0.2) is 10.8 Å². The second-order valence-corrected chi connectivity index (χ2v) is 3.96. The Balaban J connectivity index is 2.34. The Morgan fingerprint density at radius 2 is 1.89 bits per heavy atom. The van der Waals surface area contributed by atoms with Gasteiger partial charge in [-0.1, -0.05) is 25.1 Å². The number of aromatic nitrogens is 2. The topological polar surface area (TPSA) is 75.9 Å². The Kier molecular flexibility index (Phi) is 3.74. The summed E-state index contributed by atoms with van der Waals surface area (Å²) < 4.78 is 0. The van der Waals surface area contributed by atoms with Gasteiger partial charge in [0.1, 0.15) is 5.82 Å². The minimum atomic E-state index is 0.552. The van der Waals surface area contributed by atoms with Gasteiger partial charge in [0.2, 0.25) is 5.95 Å². The third kappa shape index (κ3) is 2.57. The molecule has 0 aliphatic carbocycles. The molecule has 0 bridgehead atoms. The second-order valence-electron chi connectivity index (χ2n) is 3.96. The lowest BCUT2D eigenvalue weighted by molar-refractivity contribution is 0.972. The van der Waals surface area contributed by atoms with Crippen molar-refractivity contribution in [2.45, 2.75) is 20.3 Å². The van der Waals surface area contributed by atoms with E-state index in [1.54, 1.807) is 0 Å². The van der Waals surface area contributed by atoms with Crippen LogP contribution in [-0.4, -0.2) is 9.97 Å². The van der Waals surface area contributed by atoms with Crippen LogP contribution in [0.25, 0.3) is 0 Å². The summed E-state index contributed by atoms with van der Waals surface area (Å²) >= 11 is 0. The lowest BCUT2D eigenvalue weighted by Crippen LogP contribution is -2.13. The fraction of sp³-hybridized carbons (Fsp3) is 0.231. The van der Waals surface area contributed by atoms with Gasteiger partial charge in [0.05, 0.1) is 5.69 Å². The minimum absolute atomic E-state index is 0.552. The molecule has 0 fully saturated rings. The first kappa shape index (κ1) is 12.3. The first-order valence-electron chi connectivity index (χ1n) is 5.90. The number of nitrogens with two attached hydrogens (primary N) is 1. The molecule has 0 radical (unpaired) electrons. The maximum atomic E-state index is 5.47. The standard InChI is InChI=1S/C13H17N5/c1-3-11-9(2)12(18-14)17-13(16-11)15-10-7-5-4-6-8-10/h4-8H,3,14H2,1-2H3,(H2,15,16,17,18). The van der Waals surface area contributed by atoms with Gasteiger partial charge >= 0.3 is 0 Å². The van der Waals surface area contributed by atoms with E-state index < -0.39 is 0 Å². The third-order valence-electron chi connectivity index (χ3n) is 2.75. The zero-order valence-electron chi connectivity index (χ0n) is 10.6. The van der Waals surface area contributed by atoms with Crippen LogP contribution in [0.2, 0.25) is 0 Å². The average Bonchev–Trinajstić information content (AvgIpc) is 2.41. The van der Waals surface area contributed by atoms with E-state index in [1.165, 1.54) is 0 Å². The number of benzene rings is 1. The summed E-state index contributed by atoms with van der Waals surface area (Å²) in [5.41, 5.74) is 5.52. The van der Waals surface area contributed by atoms with Crippen molar-refractivity contribution in [3.8, 4) is 0 Å². The monoisotopic (exact) mass is 243 g/mol. The lowest BCUT2D eigenvalue weighted by Gasteiger charge is -2.11. The van der Waals surface area contributed by atoms with E-state index in [4.69, 9.17) is 5.84 Å². The van der Waals surface area contributed by atoms with Crippen molar-refractivity contribution in [3.63, 3.8) is 0 Å². The molecule has 1 aromatic heterocycles. The van der Waals surface area contributed by atoms with Gasteiger partial charge in [0.15, 0.2) is 0 Å². The number of nitrogen functional groups attached to an aromatic ring is 1. The predicted octanol–water partition coefficient (Wildman–Crippen LogP) is 2.38. The number of para-hydroxylation sites is 1. The highest BCUT2D eigenvalue weighted by atomic mass is 15.3. The first-order valence-corrected chi connectivity index (χ1v) is 5.90. The molecule has 2 aromatic rings. The molecule has 5 nitrogen and oxygen atoms in total. The number of nitrogens with one attached hydrogen (secondary N) is 2. The van der Waals surface area contributed by atoms with E-state index in [0.717, 1.165) is 23.4 Å². The van der Waals surface area contributed by atoms with Crippen LogP contribution in [0.4, 0.5) is 17.5 Å². The summed E-state index contributed by atoms with van der Waals surface area (Å²) in [5, 5.41) is 3.16. The molecule has 0 saturated carbocycles. The average molecular weight is 243 g/mol. The van der Waals surface area contributed by atoms with Crippen LogP contribution in [0.15, 0.2) is 30.3 Å². The largest absolute Gasteiger partial charge is 0.324 e. The van der Waals surface area contributed by atoms with Gasteiger partial charge in [0, 0.05) is 11.3 Å². The molecule has 0 aliphatic heterocycles. The number of anilines is 3. The van der Waals surface area contributed by atoms with Crippen molar-refractivity contribution in [1.29, 1.82) is 0 Å². The normalized spacial score (nSPS) is 10.2. The molecule has 0 amide bonds. The summed E-state index contributed by atoms with van der Waals surface area (Å²) in [7, 11) is 0. The van der Waals surface area contributed by atoms with Crippen LogP contribution in [0, 0.1) is 6.92 Å². The molecule has 4 N–H and O–H groups in total. The van der Waals surface area contributed by atoms with Crippen molar-refractivity contribution < 1.29 is 0 Å². The molecule has 18 heavy (non-hydrogen) atoms. The number of hydrazine groups is 1. The smallest absolute Gasteiger partial charge is 0.229 e. The van der Waals surface area contributed by atoms with E-state index in [-0.39, 0.29) is 0 Å². The number of rotatable bonds is 4. The van der Waals surface area contributed by atoms with Gasteiger partial charge in [-0.2, -0.15) is 4.98 Å². The summed E-state index contributed by atoms with van der Waals surface area (Å²) in [5.74, 6) is 6.67. The van der Waals surface area contributed by atoms with Gasteiger partial charge in [-0.15, -0.1) is 0 Å². The van der Waals surface area contributed by atoms with Crippen molar-refractivity contribution in [2.75, 3.05) is 10.7 Å². The SMILES string of the molecule is CCc1nc(Nc2ccccc2)nc(NN)c1C. The molecule has 0 aliphatic rings. The first-order chi connectivity index (χ1) is 8.74. The van der Waals surface area contributed by atoms with E-state index in [0.29, 0.717) is 11.8 Å². The highest BCUT2D eigenvalue weighted by Gasteiger charge is 2.08. The molecule has 2 rings (SSSR count). The summed E-state index contributed by atoms with van der Waals surface area (Å²) in [4.78, 5) is 8.81. The Morgan fingerprint density at radius 3 is 2.50 bits per heavy atom. The summed E-state index contributed by atoms with van der Waals surface area (Å²) in [6.07, 6.45) is 0.840. The van der Waals surface area contributed by atoms with Crippen molar-refractivity contribution in [2.24, 2.45) is 5.84 Å². The zero-order chi connectivity index (χ0) is 13.0. The van der Waals surface area contributed by atoms with Gasteiger partial charge in [-0.05, 0) is 25.5 Å². The molecule has 0 saturated heterocycles. The zero-order valence-corrected chi connectivity index (χ0v) is 10.6. The van der Waals surface area contributed by atoms with Crippen LogP contribution in [-0.2, 0) is 6.42 Å². The second kappa shape index (κ2) is 5.46. The van der Waals surface area contributed by atoms with Gasteiger partial charge in [-0.3, -0.25) is 0 Å². The van der Waals surface area contributed by atoms with Gasteiger partial charge in [0.25, 0.3) is 0 Å². The van der Waals surface area contributed by atoms with Crippen molar-refractivity contribution in [1.82, 2.24) is 9.97 Å². The quantitative estimate of drug-likeness (QED) is 0.568. The molecule has 1 aromatic carbocycles. The van der Waals surface area contributed by atoms with Gasteiger partial charge < -0.3 is 10.7 Å². The maximum Gasteiger partial charge on any atom is 0.229 e. The van der Waals surface area contributed by atoms with E-state index in [1.807, 2.05) is 37.3 Å². The summed E-state index contributed by atoms with van der Waals surface area (Å²) in [6, 6.07) is 9.80. The van der Waals surface area contributed by atoms with E-state index in [9.17, 15) is 0 Å². The predicted molar refractivity (Wildman–Crippen MR) is 73.7 cm³/mol. The van der Waals surface area contributed by atoms with Crippen LogP contribution < -0.4 is 16.6 Å². The Hall–Kier alpha value is -2.14. The molecule has 5 heteroatoms. The highest BCUT2D eigenvalue weighted by molar-refractivity contribution is 5.56. The molecule has 0 spiro atoms. The minimum Gasteiger partial charge on any atom is -0.324 e. The van der Waals surface area contributed by atoms with Crippen LogP contribution >= 0.6 is 0 Å². The van der Waals surface area contributed by atoms with E-state index >= 15 is 0 Å². The van der Waals surface area contributed by atoms with E-state index in [2.05, 4.69) is 27.6 Å². The number of aryl methyl sites for hydroxylation is 1. The van der Waals surface area contributed by atoms with Crippen molar-refractivity contribution in [3.05, 3.63) is 41.6 Å². The third-order valence-corrected chi connectivity index (χ3v) is 2.75. The number of nitrogens with zero attached hydrogens (tertiary/aromatic N) is 2. The number of hydrogen-bond acceptors (Lipinski definition) is 5. The van der Waals surface area contributed by atoms with Crippen LogP contribution in [0.3, 0.4) is 0 Å². The number of hydrogen-bond donors (Lipinski definition) is 3. The molecule has 0 atom stereocenters. The fourth-order valence-corrected chi connectivity index (χ4v) is 1.75. The lowest BCUT2D eigenvalue weighted by atomic mass is 10.2. The molecular formula is C13H17N5. The van der Waals surface area contributed by atoms with Crippen LogP contribution in [0.1, 0.15) is 18.2 Å². The summed E-state index contributed by atoms with van der Waals surface area (Å²) in [6.45, 7) is 4.02. The Morgan fingerprint density at radius 1 is 1.17 bits per heavy atom. The molecule has 94 valence electrons. The van der Waals surface area contributed by atoms with Crippen molar-refractivity contribution >= 4 is 17.5 Å². The Labute approximate surface area is 106 Å². The highest BCUT2D eigenvalue weighted by Crippen LogP contribution is 2.19. The Bertz CT molecular complexity index is 499. The molecule has 0 unspecified atom stereocenters. The van der Waals surface area contributed by atoms with Crippen LogP contribution in [0.5, 0.6) is 0 Å². The fourth-order valence-electron chi connectivity index (χ4n) is 1.75. The molecular weight excluding hydrogens is 226 g/mol. The maximum absolute atomic E-state index is 5.47. The molecule has 1 heterocycles.